The molecule has 8 nitrogen and oxygen atoms in total. The summed E-state index contributed by atoms with van der Waals surface area (Å²) in [4.78, 5) is 38.4. The molecule has 172 valence electrons. The number of morpholine rings is 1. The van der Waals surface area contributed by atoms with Crippen LogP contribution in [-0.2, 0) is 19.1 Å². The Balaban J connectivity index is 1.41. The van der Waals surface area contributed by atoms with Crippen molar-refractivity contribution < 1.29 is 23.9 Å². The maximum atomic E-state index is 12.7. The minimum atomic E-state index is -0.401. The number of amides is 2. The Labute approximate surface area is 197 Å². The predicted octanol–water partition coefficient (Wildman–Crippen LogP) is 2.60. The molecule has 2 amide bonds. The summed E-state index contributed by atoms with van der Waals surface area (Å²) >= 11 is 6.66. The Bertz CT molecular complexity index is 882. The van der Waals surface area contributed by atoms with Crippen molar-refractivity contribution >= 4 is 52.2 Å². The van der Waals surface area contributed by atoms with Crippen LogP contribution in [0, 0.1) is 0 Å². The molecule has 1 aromatic rings. The van der Waals surface area contributed by atoms with E-state index in [0.29, 0.717) is 54.1 Å². The van der Waals surface area contributed by atoms with Crippen LogP contribution >= 0.6 is 24.0 Å². The quantitative estimate of drug-likeness (QED) is 0.251. The number of ether oxygens (including phenoxy) is 2. The summed E-state index contributed by atoms with van der Waals surface area (Å²) in [7, 11) is 1.34. The van der Waals surface area contributed by atoms with Gasteiger partial charge in [0.2, 0.25) is 5.91 Å². The Morgan fingerprint density at radius 1 is 1.19 bits per heavy atom. The van der Waals surface area contributed by atoms with Gasteiger partial charge in [-0.25, -0.2) is 9.80 Å². The molecule has 10 heteroatoms. The van der Waals surface area contributed by atoms with Crippen LogP contribution in [0.1, 0.15) is 41.6 Å². The lowest BCUT2D eigenvalue weighted by Gasteiger charge is -2.26. The van der Waals surface area contributed by atoms with E-state index in [-0.39, 0.29) is 11.8 Å². The lowest BCUT2D eigenvalue weighted by Crippen LogP contribution is -2.48. The lowest BCUT2D eigenvalue weighted by atomic mass is 10.1. The lowest BCUT2D eigenvalue weighted by molar-refractivity contribution is -0.128. The fourth-order valence-electron chi connectivity index (χ4n) is 3.32. The second-order valence-corrected chi connectivity index (χ2v) is 9.07. The van der Waals surface area contributed by atoms with Gasteiger partial charge in [0.25, 0.3) is 5.91 Å². The molecule has 1 N–H and O–H groups in total. The summed E-state index contributed by atoms with van der Waals surface area (Å²) in [6.07, 6.45) is 4.60. The van der Waals surface area contributed by atoms with Crippen LogP contribution in [0.5, 0.6) is 0 Å². The van der Waals surface area contributed by atoms with Gasteiger partial charge in [-0.15, -0.1) is 0 Å². The van der Waals surface area contributed by atoms with E-state index in [1.165, 1.54) is 18.9 Å². The number of esters is 1. The van der Waals surface area contributed by atoms with Crippen molar-refractivity contribution in [3.8, 4) is 0 Å². The summed E-state index contributed by atoms with van der Waals surface area (Å²) in [5.74, 6) is -0.498. The highest BCUT2D eigenvalue weighted by Crippen LogP contribution is 2.32. The van der Waals surface area contributed by atoms with Crippen molar-refractivity contribution in [3.05, 3.63) is 40.3 Å². The van der Waals surface area contributed by atoms with Crippen LogP contribution in [0.3, 0.4) is 0 Å². The molecule has 0 saturated carbocycles. The zero-order chi connectivity index (χ0) is 22.9. The topological polar surface area (TPSA) is 88.2 Å². The molecule has 2 fully saturated rings. The van der Waals surface area contributed by atoms with E-state index in [1.54, 1.807) is 35.2 Å². The first-order chi connectivity index (χ1) is 15.5. The van der Waals surface area contributed by atoms with E-state index in [9.17, 15) is 14.4 Å². The second kappa shape index (κ2) is 12.1. The molecular weight excluding hydrogens is 450 g/mol. The second-order valence-electron chi connectivity index (χ2n) is 7.39. The molecule has 2 aliphatic rings. The zero-order valence-electron chi connectivity index (χ0n) is 18.0. The third-order valence-electron chi connectivity index (χ3n) is 5.08. The molecule has 0 aromatic heterocycles. The smallest absolute Gasteiger partial charge is 0.337 e. The highest BCUT2D eigenvalue weighted by atomic mass is 32.2. The van der Waals surface area contributed by atoms with Gasteiger partial charge in [-0.1, -0.05) is 42.5 Å². The fourth-order valence-corrected chi connectivity index (χ4v) is 4.63. The number of nitrogens with zero attached hydrogens (tertiary/aromatic N) is 2. The van der Waals surface area contributed by atoms with Gasteiger partial charge in [0.05, 0.1) is 30.8 Å². The van der Waals surface area contributed by atoms with Gasteiger partial charge in [-0.2, -0.15) is 0 Å². The largest absolute Gasteiger partial charge is 0.465 e. The summed E-state index contributed by atoms with van der Waals surface area (Å²) in [6.45, 7) is 3.23. The van der Waals surface area contributed by atoms with Crippen LogP contribution in [0.25, 0.3) is 6.08 Å². The first kappa shape index (κ1) is 24.4. The number of benzene rings is 1. The van der Waals surface area contributed by atoms with Crippen molar-refractivity contribution in [1.82, 2.24) is 15.3 Å². The number of unbranched alkanes of at least 4 members (excludes halogenated alkanes) is 2. The molecule has 2 saturated heterocycles. The van der Waals surface area contributed by atoms with Crippen molar-refractivity contribution in [2.75, 3.05) is 40.0 Å². The molecule has 0 spiro atoms. The third-order valence-corrected chi connectivity index (χ3v) is 6.46. The number of hydrazine groups is 1. The monoisotopic (exact) mass is 477 g/mol. The average Bonchev–Trinajstić information content (AvgIpc) is 3.06. The van der Waals surface area contributed by atoms with E-state index >= 15 is 0 Å². The first-order valence-corrected chi connectivity index (χ1v) is 11.8. The Morgan fingerprint density at radius 2 is 1.91 bits per heavy atom. The van der Waals surface area contributed by atoms with Crippen molar-refractivity contribution in [2.45, 2.75) is 25.7 Å². The SMILES string of the molecule is COC(=O)c1ccc(C=C2SC(=S)N(CCCCCC(=O)NN3CCOCC3)C2=O)cc1. The molecule has 0 atom stereocenters. The fraction of sp³-hybridized carbons (Fsp3) is 0.455. The molecule has 2 heterocycles. The Kier molecular flexibility index (Phi) is 9.22. The zero-order valence-corrected chi connectivity index (χ0v) is 19.6. The van der Waals surface area contributed by atoms with Gasteiger partial charge < -0.3 is 9.47 Å². The van der Waals surface area contributed by atoms with E-state index in [1.807, 2.05) is 5.01 Å². The molecule has 2 aliphatic heterocycles. The average molecular weight is 478 g/mol. The number of carbonyl (C=O) groups is 3. The number of hydrogen-bond acceptors (Lipinski definition) is 8. The van der Waals surface area contributed by atoms with Gasteiger partial charge in [0.15, 0.2) is 0 Å². The summed E-state index contributed by atoms with van der Waals surface area (Å²) < 4.78 is 10.5. The predicted molar refractivity (Wildman–Crippen MR) is 127 cm³/mol. The number of hydrogen-bond donors (Lipinski definition) is 1. The van der Waals surface area contributed by atoms with Crippen LogP contribution in [0.4, 0.5) is 0 Å². The first-order valence-electron chi connectivity index (χ1n) is 10.5. The van der Waals surface area contributed by atoms with Crippen molar-refractivity contribution in [3.63, 3.8) is 0 Å². The summed E-state index contributed by atoms with van der Waals surface area (Å²) in [5.41, 5.74) is 4.16. The molecule has 0 unspecified atom stereocenters. The van der Waals surface area contributed by atoms with Crippen LogP contribution in [-0.4, -0.2) is 72.0 Å². The standard InChI is InChI=1S/C22H27N3O5S2/c1-29-21(28)17-8-6-16(7-9-17)15-18-20(27)25(22(31)32-18)10-4-2-3-5-19(26)23-24-11-13-30-14-12-24/h6-9,15H,2-5,10-14H2,1H3,(H,23,26). The van der Waals surface area contributed by atoms with Gasteiger partial charge in [-0.05, 0) is 36.6 Å². The van der Waals surface area contributed by atoms with E-state index in [4.69, 9.17) is 21.7 Å². The van der Waals surface area contributed by atoms with Crippen molar-refractivity contribution in [2.24, 2.45) is 0 Å². The van der Waals surface area contributed by atoms with Gasteiger partial charge >= 0.3 is 5.97 Å². The number of carbonyl (C=O) groups excluding carboxylic acids is 3. The molecule has 0 radical (unpaired) electrons. The van der Waals surface area contributed by atoms with E-state index < -0.39 is 5.97 Å². The molecule has 1 aromatic carbocycles. The number of thiocarbonyl (C=S) groups is 1. The van der Waals surface area contributed by atoms with Gasteiger partial charge in [0.1, 0.15) is 4.32 Å². The molecular formula is C22H27N3O5S2. The normalized spacial score (nSPS) is 18.3. The highest BCUT2D eigenvalue weighted by Gasteiger charge is 2.31. The van der Waals surface area contributed by atoms with Crippen LogP contribution < -0.4 is 5.43 Å². The maximum absolute atomic E-state index is 12.7. The molecule has 32 heavy (non-hydrogen) atoms. The minimum Gasteiger partial charge on any atom is -0.465 e. The van der Waals surface area contributed by atoms with Crippen LogP contribution in [0.2, 0.25) is 0 Å². The Morgan fingerprint density at radius 3 is 2.59 bits per heavy atom. The number of nitrogens with one attached hydrogen (secondary N) is 1. The Hall–Kier alpha value is -2.27. The third kappa shape index (κ3) is 6.86. The van der Waals surface area contributed by atoms with Gasteiger partial charge in [-0.3, -0.25) is 19.9 Å². The number of methoxy groups -OCH3 is 1. The van der Waals surface area contributed by atoms with E-state index in [0.717, 1.165) is 24.8 Å². The van der Waals surface area contributed by atoms with E-state index in [2.05, 4.69) is 5.43 Å². The molecule has 0 bridgehead atoms. The van der Waals surface area contributed by atoms with Gasteiger partial charge in [0, 0.05) is 26.1 Å². The summed E-state index contributed by atoms with van der Waals surface area (Å²) in [5, 5.41) is 1.89. The summed E-state index contributed by atoms with van der Waals surface area (Å²) in [6, 6.07) is 6.85. The minimum absolute atomic E-state index is 0.0127. The highest BCUT2D eigenvalue weighted by molar-refractivity contribution is 8.26. The number of thioether (sulfide) groups is 1. The van der Waals surface area contributed by atoms with Crippen molar-refractivity contribution in [1.29, 1.82) is 0 Å². The van der Waals surface area contributed by atoms with Crippen LogP contribution in [0.15, 0.2) is 29.2 Å². The molecule has 3 rings (SSSR count). The number of rotatable bonds is 9. The maximum Gasteiger partial charge on any atom is 0.337 e. The molecule has 0 aliphatic carbocycles.